The fourth-order valence-corrected chi connectivity index (χ4v) is 9.45. The average molecular weight is 432 g/mol. The second-order valence-electron chi connectivity index (χ2n) is 12.4. The van der Waals surface area contributed by atoms with Crippen molar-refractivity contribution in [3.8, 4) is 0 Å². The van der Waals surface area contributed by atoms with E-state index < -0.39 is 0 Å². The van der Waals surface area contributed by atoms with Crippen LogP contribution in [0.15, 0.2) is 0 Å². The quantitative estimate of drug-likeness (QED) is 0.496. The first-order chi connectivity index (χ1) is 14.8. The molecule has 0 saturated heterocycles. The van der Waals surface area contributed by atoms with Gasteiger partial charge in [-0.3, -0.25) is 4.79 Å². The molecule has 0 aromatic rings. The fraction of sp³-hybridized carbons (Fsp3) is 0.964. The number of nitrogens with one attached hydrogen (secondary N) is 1. The van der Waals surface area contributed by atoms with Crippen LogP contribution in [0.3, 0.4) is 0 Å². The van der Waals surface area contributed by atoms with Crippen LogP contribution in [0.25, 0.3) is 0 Å². The summed E-state index contributed by atoms with van der Waals surface area (Å²) in [5, 5.41) is 12.8. The van der Waals surface area contributed by atoms with E-state index in [1.54, 1.807) is 0 Å². The van der Waals surface area contributed by atoms with Crippen molar-refractivity contribution >= 4 is 5.78 Å². The van der Waals surface area contributed by atoms with Crippen LogP contribution >= 0.6 is 0 Å². The first-order valence-corrected chi connectivity index (χ1v) is 13.7. The Labute approximate surface area is 191 Å². The number of hydrogen-bond donors (Lipinski definition) is 2. The van der Waals surface area contributed by atoms with Gasteiger partial charge in [-0.2, -0.15) is 0 Å². The number of rotatable bonds is 8. The van der Waals surface area contributed by atoms with Crippen LogP contribution in [0.5, 0.6) is 0 Å². The minimum atomic E-state index is 0.260. The van der Waals surface area contributed by atoms with Gasteiger partial charge in [0.05, 0.1) is 6.61 Å². The summed E-state index contributed by atoms with van der Waals surface area (Å²) < 4.78 is 0. The lowest BCUT2D eigenvalue weighted by molar-refractivity contribution is -0.121. The normalized spacial score (nSPS) is 45.5. The Bertz CT molecular complexity index is 635. The number of hydrogen-bond acceptors (Lipinski definition) is 3. The molecule has 0 bridgehead atoms. The lowest BCUT2D eigenvalue weighted by Gasteiger charge is -2.61. The van der Waals surface area contributed by atoms with Crippen molar-refractivity contribution in [1.82, 2.24) is 5.32 Å². The van der Waals surface area contributed by atoms with Gasteiger partial charge < -0.3 is 10.4 Å². The SMILES string of the molecule is CCC(=O)CC[C@@H](C)[C@H]1CCC2C3CC[C@@H]4C[C@H](NCCO)CC[C@]4(C)C3CC[C@@]21C. The second kappa shape index (κ2) is 9.45. The van der Waals surface area contributed by atoms with Gasteiger partial charge >= 0.3 is 0 Å². The minimum Gasteiger partial charge on any atom is -0.395 e. The molecule has 0 radical (unpaired) electrons. The van der Waals surface area contributed by atoms with E-state index in [4.69, 9.17) is 0 Å². The van der Waals surface area contributed by atoms with Crippen molar-refractivity contribution in [3.63, 3.8) is 0 Å². The predicted octanol–water partition coefficient (Wildman–Crippen LogP) is 5.99. The van der Waals surface area contributed by atoms with Gasteiger partial charge in [-0.05, 0) is 111 Å². The van der Waals surface area contributed by atoms with Gasteiger partial charge in [0.2, 0.25) is 0 Å². The summed E-state index contributed by atoms with van der Waals surface area (Å²) in [4.78, 5) is 11.9. The molecular formula is C28H49NO2. The standard InChI is InChI=1S/C28H49NO2/c1-5-22(31)8-6-19(2)24-10-11-25-23-9-7-20-18-21(29-16-17-30)12-14-27(20,3)26(23)13-15-28(24,25)4/h19-21,23-26,29-30H,5-18H2,1-4H3/t19-,20-,21-,23?,24-,25?,26?,27+,28-/m1/s1. The van der Waals surface area contributed by atoms with Crippen LogP contribution < -0.4 is 5.32 Å². The van der Waals surface area contributed by atoms with E-state index in [-0.39, 0.29) is 6.61 Å². The molecule has 0 aliphatic heterocycles. The molecule has 0 aromatic carbocycles. The maximum absolute atomic E-state index is 11.9. The highest BCUT2D eigenvalue weighted by Gasteiger charge is 2.60. The third-order valence-electron chi connectivity index (χ3n) is 11.2. The highest BCUT2D eigenvalue weighted by Crippen LogP contribution is 2.68. The number of Topliss-reactive ketones (excluding diaryl/α,β-unsaturated/α-hetero) is 1. The van der Waals surface area contributed by atoms with E-state index in [0.29, 0.717) is 35.0 Å². The van der Waals surface area contributed by atoms with Gasteiger partial charge in [0.15, 0.2) is 0 Å². The molecule has 0 aromatic heterocycles. The topological polar surface area (TPSA) is 49.3 Å². The Kier molecular flexibility index (Phi) is 7.24. The number of carbonyl (C=O) groups excluding carboxylic acids is 1. The average Bonchev–Trinajstić information content (AvgIpc) is 3.13. The first-order valence-electron chi connectivity index (χ1n) is 13.7. The lowest BCUT2D eigenvalue weighted by Crippen LogP contribution is -2.55. The van der Waals surface area contributed by atoms with Gasteiger partial charge in [-0.15, -0.1) is 0 Å². The molecule has 3 unspecified atom stereocenters. The van der Waals surface area contributed by atoms with Crippen LogP contribution in [0.1, 0.15) is 105 Å². The van der Waals surface area contributed by atoms with E-state index in [1.807, 2.05) is 6.92 Å². The number of carbonyl (C=O) groups is 1. The van der Waals surface area contributed by atoms with Crippen molar-refractivity contribution < 1.29 is 9.90 Å². The zero-order chi connectivity index (χ0) is 22.2. The summed E-state index contributed by atoms with van der Waals surface area (Å²) in [6.45, 7) is 10.8. The summed E-state index contributed by atoms with van der Waals surface area (Å²) in [7, 11) is 0. The highest BCUT2D eigenvalue weighted by molar-refractivity contribution is 5.77. The monoisotopic (exact) mass is 431 g/mol. The summed E-state index contributed by atoms with van der Waals surface area (Å²) >= 11 is 0. The van der Waals surface area contributed by atoms with Crippen LogP contribution in [-0.2, 0) is 4.79 Å². The Morgan fingerprint density at radius 2 is 1.77 bits per heavy atom. The van der Waals surface area contributed by atoms with Gasteiger partial charge in [0.25, 0.3) is 0 Å². The molecule has 9 atom stereocenters. The third-order valence-corrected chi connectivity index (χ3v) is 11.2. The molecule has 4 saturated carbocycles. The second-order valence-corrected chi connectivity index (χ2v) is 12.4. The molecule has 31 heavy (non-hydrogen) atoms. The van der Waals surface area contributed by atoms with E-state index >= 15 is 0 Å². The molecule has 4 rings (SSSR count). The van der Waals surface area contributed by atoms with Crippen LogP contribution in [-0.4, -0.2) is 30.1 Å². The van der Waals surface area contributed by atoms with Crippen LogP contribution in [0.4, 0.5) is 0 Å². The van der Waals surface area contributed by atoms with Gasteiger partial charge in [0, 0.05) is 25.4 Å². The molecular weight excluding hydrogens is 382 g/mol. The summed E-state index contributed by atoms with van der Waals surface area (Å²) in [5.74, 6) is 5.64. The van der Waals surface area contributed by atoms with Crippen molar-refractivity contribution in [2.75, 3.05) is 13.2 Å². The molecule has 2 N–H and O–H groups in total. The number of aliphatic hydroxyl groups excluding tert-OH is 1. The molecule has 3 heteroatoms. The zero-order valence-corrected chi connectivity index (χ0v) is 20.8. The number of fused-ring (bicyclic) bond motifs is 5. The van der Waals surface area contributed by atoms with Crippen molar-refractivity contribution in [3.05, 3.63) is 0 Å². The summed E-state index contributed by atoms with van der Waals surface area (Å²) in [6.07, 6.45) is 15.2. The maximum atomic E-state index is 11.9. The summed E-state index contributed by atoms with van der Waals surface area (Å²) in [5.41, 5.74) is 1.05. The molecule has 3 nitrogen and oxygen atoms in total. The minimum absolute atomic E-state index is 0.260. The Morgan fingerprint density at radius 1 is 1.03 bits per heavy atom. The molecule has 4 fully saturated rings. The maximum Gasteiger partial charge on any atom is 0.132 e. The van der Waals surface area contributed by atoms with Crippen molar-refractivity contribution in [2.24, 2.45) is 46.3 Å². The molecule has 178 valence electrons. The Hall–Kier alpha value is -0.410. The predicted molar refractivity (Wildman–Crippen MR) is 128 cm³/mol. The third kappa shape index (κ3) is 4.27. The van der Waals surface area contributed by atoms with E-state index in [1.165, 1.54) is 57.8 Å². The number of ketones is 1. The van der Waals surface area contributed by atoms with Gasteiger partial charge in [-0.25, -0.2) is 0 Å². The van der Waals surface area contributed by atoms with Crippen molar-refractivity contribution in [2.45, 2.75) is 111 Å². The van der Waals surface area contributed by atoms with E-state index in [2.05, 4.69) is 26.1 Å². The first kappa shape index (κ1) is 23.7. The Morgan fingerprint density at radius 3 is 2.52 bits per heavy atom. The van der Waals surface area contributed by atoms with Crippen LogP contribution in [0.2, 0.25) is 0 Å². The summed E-state index contributed by atoms with van der Waals surface area (Å²) in [6, 6.07) is 0.623. The molecule has 4 aliphatic rings. The van der Waals surface area contributed by atoms with Crippen LogP contribution in [0, 0.1) is 46.3 Å². The smallest absolute Gasteiger partial charge is 0.132 e. The zero-order valence-electron chi connectivity index (χ0n) is 20.8. The molecule has 0 spiro atoms. The van der Waals surface area contributed by atoms with Crippen molar-refractivity contribution in [1.29, 1.82) is 0 Å². The largest absolute Gasteiger partial charge is 0.395 e. The molecule has 0 heterocycles. The number of aliphatic hydroxyl groups is 1. The highest BCUT2D eigenvalue weighted by atomic mass is 16.3. The molecule has 0 amide bonds. The molecule has 4 aliphatic carbocycles. The van der Waals surface area contributed by atoms with E-state index in [9.17, 15) is 9.90 Å². The van der Waals surface area contributed by atoms with Gasteiger partial charge in [-0.1, -0.05) is 27.7 Å². The lowest BCUT2D eigenvalue weighted by atomic mass is 9.44. The van der Waals surface area contributed by atoms with Gasteiger partial charge in [0.1, 0.15) is 5.78 Å². The Balaban J connectivity index is 1.43. The fourth-order valence-electron chi connectivity index (χ4n) is 9.45. The van der Waals surface area contributed by atoms with E-state index in [0.717, 1.165) is 49.0 Å².